The van der Waals surface area contributed by atoms with Gasteiger partial charge >= 0.3 is 0 Å². The van der Waals surface area contributed by atoms with Crippen molar-refractivity contribution in [1.29, 1.82) is 0 Å². The van der Waals surface area contributed by atoms with Crippen LogP contribution in [0.15, 0.2) is 84.9 Å². The molecule has 0 radical (unpaired) electrons. The molecule has 28 heavy (non-hydrogen) atoms. The molecule has 0 heterocycles. The van der Waals surface area contributed by atoms with Crippen LogP contribution in [0.25, 0.3) is 17.2 Å². The first-order valence-corrected chi connectivity index (χ1v) is 10.2. The molecule has 3 aromatic rings. The molecule has 1 heteroatoms. The topological polar surface area (TPSA) is 17.1 Å². The molecule has 0 bridgehead atoms. The van der Waals surface area contributed by atoms with Crippen LogP contribution < -0.4 is 0 Å². The Morgan fingerprint density at radius 3 is 2.14 bits per heavy atom. The molecular formula is C27H28O. The summed E-state index contributed by atoms with van der Waals surface area (Å²) in [6, 6.07) is 26.7. The number of hydrogen-bond acceptors (Lipinski definition) is 1. The average molecular weight is 369 g/mol. The first kappa shape index (κ1) is 19.8. The minimum atomic E-state index is 0.145. The molecule has 0 saturated heterocycles. The number of hydrogen-bond donors (Lipinski definition) is 0. The van der Waals surface area contributed by atoms with E-state index >= 15 is 0 Å². The van der Waals surface area contributed by atoms with E-state index in [0.717, 1.165) is 23.1 Å². The lowest BCUT2D eigenvalue weighted by atomic mass is 10.0. The third kappa shape index (κ3) is 5.79. The van der Waals surface area contributed by atoms with Crippen molar-refractivity contribution >= 4 is 11.9 Å². The normalized spacial score (nSPS) is 11.0. The third-order valence-corrected chi connectivity index (χ3v) is 4.98. The van der Waals surface area contributed by atoms with Crippen LogP contribution >= 0.6 is 0 Å². The van der Waals surface area contributed by atoms with E-state index in [4.69, 9.17) is 0 Å². The van der Waals surface area contributed by atoms with Crippen LogP contribution in [0.1, 0.15) is 54.1 Å². The third-order valence-electron chi connectivity index (χ3n) is 4.98. The number of aryl methyl sites for hydroxylation is 1. The standard InChI is InChI=1S/C27H28O/c1-2-3-5-9-22-14-16-23(17-15-22)10-8-13-27(28)26-20-18-25(19-21-26)24-11-6-4-7-12-24/h4,6-8,10-12,14-21H,2-3,5,9,13H2,1H3/b10-8+. The van der Waals surface area contributed by atoms with E-state index in [1.165, 1.54) is 30.4 Å². The van der Waals surface area contributed by atoms with Crippen molar-refractivity contribution in [1.82, 2.24) is 0 Å². The predicted molar refractivity (Wildman–Crippen MR) is 120 cm³/mol. The average Bonchev–Trinajstić information content (AvgIpc) is 2.76. The number of carbonyl (C=O) groups is 1. The van der Waals surface area contributed by atoms with Crippen molar-refractivity contribution in [3.63, 3.8) is 0 Å². The van der Waals surface area contributed by atoms with Crippen LogP contribution in [0, 0.1) is 0 Å². The predicted octanol–water partition coefficient (Wildman–Crippen LogP) is 7.37. The molecule has 0 spiro atoms. The smallest absolute Gasteiger partial charge is 0.166 e. The van der Waals surface area contributed by atoms with Crippen LogP contribution in [0.2, 0.25) is 0 Å². The monoisotopic (exact) mass is 368 g/mol. The lowest BCUT2D eigenvalue weighted by molar-refractivity contribution is 0.0996. The van der Waals surface area contributed by atoms with Gasteiger partial charge in [-0.2, -0.15) is 0 Å². The number of allylic oxidation sites excluding steroid dienone is 1. The second-order valence-corrected chi connectivity index (χ2v) is 7.17. The minimum absolute atomic E-state index is 0.145. The molecule has 0 unspecified atom stereocenters. The first-order chi connectivity index (χ1) is 13.8. The Labute approximate surface area is 168 Å². The summed E-state index contributed by atoms with van der Waals surface area (Å²) in [7, 11) is 0. The Hall–Kier alpha value is -2.93. The van der Waals surface area contributed by atoms with Crippen LogP contribution in [0.5, 0.6) is 0 Å². The van der Waals surface area contributed by atoms with Crippen molar-refractivity contribution in [2.24, 2.45) is 0 Å². The Kier molecular flexibility index (Phi) is 7.37. The second-order valence-electron chi connectivity index (χ2n) is 7.17. The van der Waals surface area contributed by atoms with Crippen molar-refractivity contribution in [2.45, 2.75) is 39.0 Å². The van der Waals surface area contributed by atoms with Gasteiger partial charge in [0.1, 0.15) is 0 Å². The van der Waals surface area contributed by atoms with Gasteiger partial charge in [0.2, 0.25) is 0 Å². The molecule has 0 aliphatic rings. The van der Waals surface area contributed by atoms with Gasteiger partial charge in [-0.15, -0.1) is 0 Å². The number of rotatable bonds is 9. The summed E-state index contributed by atoms with van der Waals surface area (Å²) in [6.07, 6.45) is 9.35. The van der Waals surface area contributed by atoms with Crippen LogP contribution in [-0.2, 0) is 6.42 Å². The summed E-state index contributed by atoms with van der Waals surface area (Å²) < 4.78 is 0. The highest BCUT2D eigenvalue weighted by Crippen LogP contribution is 2.20. The number of ketones is 1. The van der Waals surface area contributed by atoms with Crippen LogP contribution in [-0.4, -0.2) is 5.78 Å². The number of carbonyl (C=O) groups excluding carboxylic acids is 1. The number of unbranched alkanes of at least 4 members (excludes halogenated alkanes) is 2. The zero-order chi connectivity index (χ0) is 19.6. The van der Waals surface area contributed by atoms with Crippen LogP contribution in [0.3, 0.4) is 0 Å². The second kappa shape index (κ2) is 10.4. The molecule has 0 saturated carbocycles. The van der Waals surface area contributed by atoms with Gasteiger partial charge in [0.15, 0.2) is 5.78 Å². The van der Waals surface area contributed by atoms with Crippen LogP contribution in [0.4, 0.5) is 0 Å². The van der Waals surface area contributed by atoms with E-state index in [1.54, 1.807) is 0 Å². The quantitative estimate of drug-likeness (QED) is 0.284. The molecule has 0 aromatic heterocycles. The largest absolute Gasteiger partial charge is 0.294 e. The highest BCUT2D eigenvalue weighted by molar-refractivity contribution is 5.97. The minimum Gasteiger partial charge on any atom is -0.294 e. The zero-order valence-corrected chi connectivity index (χ0v) is 16.6. The molecule has 0 amide bonds. The van der Waals surface area contributed by atoms with E-state index < -0.39 is 0 Å². The fourth-order valence-corrected chi connectivity index (χ4v) is 3.27. The van der Waals surface area contributed by atoms with Gasteiger partial charge in [-0.3, -0.25) is 4.79 Å². The Balaban J connectivity index is 1.53. The lowest BCUT2D eigenvalue weighted by Gasteiger charge is -2.03. The van der Waals surface area contributed by atoms with E-state index in [-0.39, 0.29) is 5.78 Å². The molecule has 142 valence electrons. The molecule has 3 aromatic carbocycles. The fraction of sp³-hybridized carbons (Fsp3) is 0.222. The van der Waals surface area contributed by atoms with Crippen molar-refractivity contribution < 1.29 is 4.79 Å². The summed E-state index contributed by atoms with van der Waals surface area (Å²) in [5.74, 6) is 0.145. The summed E-state index contributed by atoms with van der Waals surface area (Å²) >= 11 is 0. The maximum atomic E-state index is 12.4. The number of benzene rings is 3. The van der Waals surface area contributed by atoms with E-state index in [2.05, 4.69) is 43.3 Å². The Morgan fingerprint density at radius 1 is 0.786 bits per heavy atom. The van der Waals surface area contributed by atoms with Gasteiger partial charge in [0.25, 0.3) is 0 Å². The Bertz CT molecular complexity index is 887. The summed E-state index contributed by atoms with van der Waals surface area (Å²) in [5.41, 5.74) is 5.59. The molecule has 0 N–H and O–H groups in total. The highest BCUT2D eigenvalue weighted by Gasteiger charge is 2.04. The molecule has 0 aliphatic heterocycles. The van der Waals surface area contributed by atoms with E-state index in [0.29, 0.717) is 6.42 Å². The molecular weight excluding hydrogens is 340 g/mol. The molecule has 0 fully saturated rings. The fourth-order valence-electron chi connectivity index (χ4n) is 3.27. The lowest BCUT2D eigenvalue weighted by Crippen LogP contribution is -1.96. The summed E-state index contributed by atoms with van der Waals surface area (Å²) in [5, 5.41) is 0. The van der Waals surface area contributed by atoms with E-state index in [9.17, 15) is 4.79 Å². The van der Waals surface area contributed by atoms with Crippen molar-refractivity contribution in [2.75, 3.05) is 0 Å². The van der Waals surface area contributed by atoms with Gasteiger partial charge in [-0.1, -0.05) is 111 Å². The molecule has 3 rings (SSSR count). The van der Waals surface area contributed by atoms with Crippen molar-refractivity contribution in [3.8, 4) is 11.1 Å². The highest BCUT2D eigenvalue weighted by atomic mass is 16.1. The molecule has 0 aliphatic carbocycles. The van der Waals surface area contributed by atoms with Gasteiger partial charge in [0, 0.05) is 12.0 Å². The van der Waals surface area contributed by atoms with Gasteiger partial charge in [-0.05, 0) is 35.1 Å². The summed E-state index contributed by atoms with van der Waals surface area (Å²) in [4.78, 5) is 12.4. The number of Topliss-reactive ketones (excluding diaryl/α,β-unsaturated/α-hetero) is 1. The SMILES string of the molecule is CCCCCc1ccc(/C=C/CC(=O)c2ccc(-c3ccccc3)cc2)cc1. The van der Waals surface area contributed by atoms with Gasteiger partial charge < -0.3 is 0 Å². The summed E-state index contributed by atoms with van der Waals surface area (Å²) in [6.45, 7) is 2.23. The zero-order valence-electron chi connectivity index (χ0n) is 16.6. The Morgan fingerprint density at radius 2 is 1.46 bits per heavy atom. The van der Waals surface area contributed by atoms with Gasteiger partial charge in [0.05, 0.1) is 0 Å². The molecule has 1 nitrogen and oxygen atoms in total. The first-order valence-electron chi connectivity index (χ1n) is 10.2. The molecule has 0 atom stereocenters. The van der Waals surface area contributed by atoms with Gasteiger partial charge in [-0.25, -0.2) is 0 Å². The maximum Gasteiger partial charge on any atom is 0.166 e. The van der Waals surface area contributed by atoms with Crippen molar-refractivity contribution in [3.05, 3.63) is 102 Å². The maximum absolute atomic E-state index is 12.4. The van der Waals surface area contributed by atoms with E-state index in [1.807, 2.05) is 54.6 Å².